The first-order chi connectivity index (χ1) is 6.79. The summed E-state index contributed by atoms with van der Waals surface area (Å²) >= 11 is 0. The van der Waals surface area contributed by atoms with Gasteiger partial charge in [-0.15, -0.1) is 0 Å². The predicted octanol–water partition coefficient (Wildman–Crippen LogP) is 3.03. The third kappa shape index (κ3) is 3.02. The molecule has 2 rings (SSSR count). The first kappa shape index (κ1) is 10.0. The largest absolute Gasteiger partial charge is 0.501 e. The summed E-state index contributed by atoms with van der Waals surface area (Å²) in [7, 11) is 0. The van der Waals surface area contributed by atoms with Crippen molar-refractivity contribution in [3.05, 3.63) is 11.8 Å². The smallest absolute Gasteiger partial charge is 0.0921 e. The van der Waals surface area contributed by atoms with Gasteiger partial charge in [0, 0.05) is 6.42 Å². The van der Waals surface area contributed by atoms with Crippen molar-refractivity contribution < 1.29 is 9.47 Å². The Balaban J connectivity index is 1.60. The van der Waals surface area contributed by atoms with Crippen LogP contribution in [0.5, 0.6) is 0 Å². The van der Waals surface area contributed by atoms with Gasteiger partial charge in [0.2, 0.25) is 0 Å². The van der Waals surface area contributed by atoms with E-state index >= 15 is 0 Å². The van der Waals surface area contributed by atoms with Crippen LogP contribution in [0.2, 0.25) is 0 Å². The van der Waals surface area contributed by atoms with E-state index < -0.39 is 0 Å². The van der Waals surface area contributed by atoms with Crippen molar-refractivity contribution in [2.75, 3.05) is 13.2 Å². The third-order valence-electron chi connectivity index (χ3n) is 3.13. The van der Waals surface area contributed by atoms with Crippen LogP contribution in [0.3, 0.4) is 0 Å². The summed E-state index contributed by atoms with van der Waals surface area (Å²) in [6.45, 7) is 3.86. The minimum absolute atomic E-state index is 0.144. The Morgan fingerprint density at radius 1 is 1.36 bits per heavy atom. The maximum absolute atomic E-state index is 5.55. The second-order valence-corrected chi connectivity index (χ2v) is 4.70. The molecular formula is C12H20O2. The Labute approximate surface area is 86.3 Å². The van der Waals surface area contributed by atoms with Crippen LogP contribution in [-0.4, -0.2) is 18.8 Å². The summed E-state index contributed by atoms with van der Waals surface area (Å²) in [4.78, 5) is 0. The van der Waals surface area contributed by atoms with Gasteiger partial charge in [0.15, 0.2) is 0 Å². The molecule has 14 heavy (non-hydrogen) atoms. The molecule has 1 aliphatic heterocycles. The summed E-state index contributed by atoms with van der Waals surface area (Å²) < 4.78 is 10.8. The number of allylic oxidation sites excluding steroid dienone is 1. The second kappa shape index (κ2) is 4.35. The van der Waals surface area contributed by atoms with Crippen molar-refractivity contribution in [1.82, 2.24) is 0 Å². The molecule has 0 aromatic carbocycles. The average Bonchev–Trinajstić information content (AvgIpc) is 2.94. The first-order valence-corrected chi connectivity index (χ1v) is 5.72. The van der Waals surface area contributed by atoms with Crippen molar-refractivity contribution in [3.8, 4) is 0 Å². The third-order valence-corrected chi connectivity index (χ3v) is 3.13. The van der Waals surface area contributed by atoms with Crippen molar-refractivity contribution in [3.63, 3.8) is 0 Å². The molecular weight excluding hydrogens is 176 g/mol. The Kier molecular flexibility index (Phi) is 3.12. The van der Waals surface area contributed by atoms with Crippen molar-refractivity contribution in [2.24, 2.45) is 0 Å². The van der Waals surface area contributed by atoms with Crippen LogP contribution in [0, 0.1) is 0 Å². The van der Waals surface area contributed by atoms with Gasteiger partial charge in [-0.3, -0.25) is 0 Å². The fraction of sp³-hybridized carbons (Fsp3) is 0.833. The van der Waals surface area contributed by atoms with Crippen LogP contribution in [0.4, 0.5) is 0 Å². The van der Waals surface area contributed by atoms with Crippen LogP contribution in [-0.2, 0) is 9.47 Å². The van der Waals surface area contributed by atoms with Crippen LogP contribution in [0.15, 0.2) is 11.8 Å². The van der Waals surface area contributed by atoms with Crippen LogP contribution in [0.25, 0.3) is 0 Å². The SMILES string of the molecule is CC1(CCOC=C2CCCCC2)CO1. The number of hydrogen-bond acceptors (Lipinski definition) is 2. The molecule has 1 aliphatic carbocycles. The number of epoxide rings is 1. The molecule has 1 unspecified atom stereocenters. The van der Waals surface area contributed by atoms with Gasteiger partial charge < -0.3 is 9.47 Å². The molecule has 80 valence electrons. The lowest BCUT2D eigenvalue weighted by molar-refractivity contribution is 0.197. The molecule has 0 bridgehead atoms. The van der Waals surface area contributed by atoms with E-state index in [-0.39, 0.29) is 5.60 Å². The Bertz CT molecular complexity index is 208. The van der Waals surface area contributed by atoms with Gasteiger partial charge in [0.1, 0.15) is 0 Å². The molecule has 0 N–H and O–H groups in total. The van der Waals surface area contributed by atoms with Crippen LogP contribution >= 0.6 is 0 Å². The van der Waals surface area contributed by atoms with Gasteiger partial charge in [-0.2, -0.15) is 0 Å². The summed E-state index contributed by atoms with van der Waals surface area (Å²) in [6.07, 6.45) is 9.58. The maximum Gasteiger partial charge on any atom is 0.0921 e. The standard InChI is InChI=1S/C12H20O2/c1-12(10-14-12)7-8-13-9-11-5-3-2-4-6-11/h9H,2-8,10H2,1H3. The molecule has 0 spiro atoms. The minimum atomic E-state index is 0.144. The monoisotopic (exact) mass is 196 g/mol. The van der Waals surface area contributed by atoms with E-state index in [1.165, 1.54) is 37.7 Å². The zero-order valence-electron chi connectivity index (χ0n) is 9.05. The lowest BCUT2D eigenvalue weighted by Gasteiger charge is -2.13. The Morgan fingerprint density at radius 2 is 2.07 bits per heavy atom. The number of rotatable bonds is 4. The van der Waals surface area contributed by atoms with E-state index in [0.717, 1.165) is 19.6 Å². The fourth-order valence-electron chi connectivity index (χ4n) is 1.84. The van der Waals surface area contributed by atoms with Crippen LogP contribution < -0.4 is 0 Å². The Morgan fingerprint density at radius 3 is 2.71 bits per heavy atom. The molecule has 1 saturated heterocycles. The molecule has 0 radical (unpaired) electrons. The molecule has 2 fully saturated rings. The highest BCUT2D eigenvalue weighted by Crippen LogP contribution is 2.29. The van der Waals surface area contributed by atoms with Gasteiger partial charge in [-0.25, -0.2) is 0 Å². The van der Waals surface area contributed by atoms with E-state index in [9.17, 15) is 0 Å². The highest BCUT2D eigenvalue weighted by atomic mass is 16.6. The molecule has 2 aliphatic rings. The van der Waals surface area contributed by atoms with Gasteiger partial charge in [0.05, 0.1) is 25.1 Å². The topological polar surface area (TPSA) is 21.8 Å². The lowest BCUT2D eigenvalue weighted by atomic mass is 9.96. The van der Waals surface area contributed by atoms with Gasteiger partial charge >= 0.3 is 0 Å². The molecule has 0 aromatic rings. The summed E-state index contributed by atoms with van der Waals surface area (Å²) in [5.41, 5.74) is 1.64. The Hall–Kier alpha value is -0.500. The first-order valence-electron chi connectivity index (χ1n) is 5.72. The zero-order chi connectivity index (χ0) is 9.86. The predicted molar refractivity (Wildman–Crippen MR) is 56.1 cm³/mol. The molecule has 1 saturated carbocycles. The van der Waals surface area contributed by atoms with Crippen molar-refractivity contribution >= 4 is 0 Å². The highest BCUT2D eigenvalue weighted by molar-refractivity contribution is 5.00. The summed E-state index contributed by atoms with van der Waals surface area (Å²) in [5.74, 6) is 0. The zero-order valence-corrected chi connectivity index (χ0v) is 9.05. The fourth-order valence-corrected chi connectivity index (χ4v) is 1.84. The van der Waals surface area contributed by atoms with Crippen LogP contribution in [0.1, 0.15) is 45.4 Å². The molecule has 1 atom stereocenters. The average molecular weight is 196 g/mol. The molecule has 2 nitrogen and oxygen atoms in total. The van der Waals surface area contributed by atoms with Crippen molar-refractivity contribution in [2.45, 2.75) is 51.0 Å². The molecule has 1 heterocycles. The van der Waals surface area contributed by atoms with Gasteiger partial charge in [-0.05, 0) is 38.2 Å². The van der Waals surface area contributed by atoms with Gasteiger partial charge in [0.25, 0.3) is 0 Å². The lowest BCUT2D eigenvalue weighted by Crippen LogP contribution is -2.07. The summed E-state index contributed by atoms with van der Waals surface area (Å²) in [6, 6.07) is 0. The van der Waals surface area contributed by atoms with E-state index in [0.29, 0.717) is 0 Å². The highest BCUT2D eigenvalue weighted by Gasteiger charge is 2.38. The summed E-state index contributed by atoms with van der Waals surface area (Å²) in [5, 5.41) is 0. The number of ether oxygens (including phenoxy) is 2. The molecule has 0 aromatic heterocycles. The normalized spacial score (nSPS) is 31.4. The van der Waals surface area contributed by atoms with Gasteiger partial charge in [-0.1, -0.05) is 6.42 Å². The van der Waals surface area contributed by atoms with E-state index in [4.69, 9.17) is 9.47 Å². The maximum atomic E-state index is 5.55. The second-order valence-electron chi connectivity index (χ2n) is 4.70. The van der Waals surface area contributed by atoms with E-state index in [1.807, 2.05) is 6.26 Å². The number of hydrogen-bond donors (Lipinski definition) is 0. The van der Waals surface area contributed by atoms with Crippen molar-refractivity contribution in [1.29, 1.82) is 0 Å². The molecule has 0 amide bonds. The quantitative estimate of drug-likeness (QED) is 0.391. The minimum Gasteiger partial charge on any atom is -0.501 e. The van der Waals surface area contributed by atoms with E-state index in [2.05, 4.69) is 6.92 Å². The van der Waals surface area contributed by atoms with E-state index in [1.54, 1.807) is 0 Å². The molecule has 2 heteroatoms.